The highest BCUT2D eigenvalue weighted by molar-refractivity contribution is 5.20. The fourth-order valence-corrected chi connectivity index (χ4v) is 3.57. The molecule has 0 bridgehead atoms. The summed E-state index contributed by atoms with van der Waals surface area (Å²) in [5.41, 5.74) is 2.68. The molecule has 1 heterocycles. The molecule has 3 nitrogen and oxygen atoms in total. The highest BCUT2D eigenvalue weighted by Gasteiger charge is 2.29. The first-order valence-electron chi connectivity index (χ1n) is 7.94. The SMILES string of the molecule is Cn1nccc1CCC1CC(c2ccccc2)CCC1O. The lowest BCUT2D eigenvalue weighted by Gasteiger charge is -2.33. The van der Waals surface area contributed by atoms with Gasteiger partial charge in [-0.3, -0.25) is 4.68 Å². The Labute approximate surface area is 126 Å². The van der Waals surface area contributed by atoms with Gasteiger partial charge < -0.3 is 5.11 Å². The smallest absolute Gasteiger partial charge is 0.0569 e. The van der Waals surface area contributed by atoms with E-state index in [-0.39, 0.29) is 6.10 Å². The van der Waals surface area contributed by atoms with Crippen LogP contribution in [0.3, 0.4) is 0 Å². The molecular formula is C18H24N2O. The molecule has 0 spiro atoms. The summed E-state index contributed by atoms with van der Waals surface area (Å²) in [5.74, 6) is 1.00. The van der Waals surface area contributed by atoms with Crippen LogP contribution < -0.4 is 0 Å². The van der Waals surface area contributed by atoms with Crippen LogP contribution in [-0.4, -0.2) is 21.0 Å². The number of benzene rings is 1. The van der Waals surface area contributed by atoms with Crippen molar-refractivity contribution in [3.05, 3.63) is 53.9 Å². The Morgan fingerprint density at radius 2 is 2.00 bits per heavy atom. The second-order valence-electron chi connectivity index (χ2n) is 6.23. The van der Waals surface area contributed by atoms with Crippen molar-refractivity contribution in [3.63, 3.8) is 0 Å². The molecule has 1 fully saturated rings. The van der Waals surface area contributed by atoms with Gasteiger partial charge in [0.2, 0.25) is 0 Å². The van der Waals surface area contributed by atoms with Gasteiger partial charge in [0, 0.05) is 18.9 Å². The number of hydrogen-bond donors (Lipinski definition) is 1. The molecule has 112 valence electrons. The topological polar surface area (TPSA) is 38.0 Å². The van der Waals surface area contributed by atoms with Crippen LogP contribution in [-0.2, 0) is 13.5 Å². The number of aliphatic hydroxyl groups excluding tert-OH is 1. The zero-order valence-corrected chi connectivity index (χ0v) is 12.7. The van der Waals surface area contributed by atoms with E-state index in [4.69, 9.17) is 0 Å². The molecule has 1 N–H and O–H groups in total. The van der Waals surface area contributed by atoms with Gasteiger partial charge in [0.1, 0.15) is 0 Å². The number of aromatic nitrogens is 2. The molecule has 0 aliphatic heterocycles. The third-order valence-electron chi connectivity index (χ3n) is 4.91. The van der Waals surface area contributed by atoms with Crippen molar-refractivity contribution in [2.24, 2.45) is 13.0 Å². The van der Waals surface area contributed by atoms with Gasteiger partial charge in [-0.15, -0.1) is 0 Å². The number of nitrogens with zero attached hydrogens (tertiary/aromatic N) is 2. The third-order valence-corrected chi connectivity index (χ3v) is 4.91. The van der Waals surface area contributed by atoms with E-state index in [2.05, 4.69) is 41.5 Å². The van der Waals surface area contributed by atoms with Gasteiger partial charge in [0.05, 0.1) is 6.10 Å². The Bertz CT molecular complexity index is 564. The van der Waals surface area contributed by atoms with Crippen molar-refractivity contribution in [2.45, 2.75) is 44.1 Å². The van der Waals surface area contributed by atoms with Gasteiger partial charge in [0.25, 0.3) is 0 Å². The third kappa shape index (κ3) is 3.35. The van der Waals surface area contributed by atoms with Gasteiger partial charge in [-0.05, 0) is 55.6 Å². The molecule has 0 radical (unpaired) electrons. The van der Waals surface area contributed by atoms with Gasteiger partial charge in [-0.25, -0.2) is 0 Å². The second kappa shape index (κ2) is 6.44. The second-order valence-corrected chi connectivity index (χ2v) is 6.23. The molecule has 0 amide bonds. The fraction of sp³-hybridized carbons (Fsp3) is 0.500. The Kier molecular flexibility index (Phi) is 4.39. The zero-order chi connectivity index (χ0) is 14.7. The van der Waals surface area contributed by atoms with E-state index in [0.717, 1.165) is 32.1 Å². The molecule has 0 saturated heterocycles. The average molecular weight is 284 g/mol. The Balaban J connectivity index is 1.62. The summed E-state index contributed by atoms with van der Waals surface area (Å²) in [5, 5.41) is 14.5. The number of rotatable bonds is 4. The summed E-state index contributed by atoms with van der Waals surface area (Å²) >= 11 is 0. The lowest BCUT2D eigenvalue weighted by molar-refractivity contribution is 0.0573. The standard InChI is InChI=1S/C18H24N2O/c1-20-17(11-12-19-20)9-7-16-13-15(8-10-18(16)21)14-5-3-2-4-6-14/h2-6,11-12,15-16,18,21H,7-10,13H2,1H3. The zero-order valence-electron chi connectivity index (χ0n) is 12.7. The van der Waals surface area contributed by atoms with Crippen molar-refractivity contribution in [1.82, 2.24) is 9.78 Å². The molecule has 1 aliphatic carbocycles. The molecule has 3 unspecified atom stereocenters. The summed E-state index contributed by atoms with van der Waals surface area (Å²) in [6.45, 7) is 0. The van der Waals surface area contributed by atoms with E-state index < -0.39 is 0 Å². The first-order valence-corrected chi connectivity index (χ1v) is 7.94. The predicted octanol–water partition coefficient (Wildman–Crippen LogP) is 3.30. The van der Waals surface area contributed by atoms with E-state index in [0.29, 0.717) is 11.8 Å². The minimum absolute atomic E-state index is 0.141. The van der Waals surface area contributed by atoms with Gasteiger partial charge in [-0.1, -0.05) is 30.3 Å². The van der Waals surface area contributed by atoms with Crippen LogP contribution in [0.25, 0.3) is 0 Å². The molecule has 1 aromatic carbocycles. The number of hydrogen-bond acceptors (Lipinski definition) is 2. The minimum Gasteiger partial charge on any atom is -0.393 e. The largest absolute Gasteiger partial charge is 0.393 e. The van der Waals surface area contributed by atoms with Crippen molar-refractivity contribution >= 4 is 0 Å². The first-order chi connectivity index (χ1) is 10.2. The van der Waals surface area contributed by atoms with Crippen LogP contribution >= 0.6 is 0 Å². The number of aliphatic hydroxyl groups is 1. The highest BCUT2D eigenvalue weighted by Crippen LogP contribution is 2.38. The monoisotopic (exact) mass is 284 g/mol. The van der Waals surface area contributed by atoms with E-state index in [1.165, 1.54) is 11.3 Å². The van der Waals surface area contributed by atoms with Gasteiger partial charge in [-0.2, -0.15) is 5.10 Å². The molecule has 3 heteroatoms. The normalized spacial score (nSPS) is 25.9. The summed E-state index contributed by atoms with van der Waals surface area (Å²) in [6, 6.07) is 12.8. The minimum atomic E-state index is -0.141. The van der Waals surface area contributed by atoms with Gasteiger partial charge >= 0.3 is 0 Å². The molecule has 3 rings (SSSR count). The Morgan fingerprint density at radius 3 is 2.71 bits per heavy atom. The molecule has 1 aliphatic rings. The molecule has 21 heavy (non-hydrogen) atoms. The molecule has 1 aromatic heterocycles. The lowest BCUT2D eigenvalue weighted by Crippen LogP contribution is -2.28. The maximum absolute atomic E-state index is 10.3. The van der Waals surface area contributed by atoms with Crippen molar-refractivity contribution < 1.29 is 5.11 Å². The Morgan fingerprint density at radius 1 is 1.19 bits per heavy atom. The van der Waals surface area contributed by atoms with Crippen molar-refractivity contribution in [2.75, 3.05) is 0 Å². The quantitative estimate of drug-likeness (QED) is 0.935. The fourth-order valence-electron chi connectivity index (χ4n) is 3.57. The lowest BCUT2D eigenvalue weighted by atomic mass is 9.74. The molecular weight excluding hydrogens is 260 g/mol. The van der Waals surface area contributed by atoms with Crippen LogP contribution in [0, 0.1) is 5.92 Å². The van der Waals surface area contributed by atoms with E-state index >= 15 is 0 Å². The van der Waals surface area contributed by atoms with E-state index in [9.17, 15) is 5.11 Å². The van der Waals surface area contributed by atoms with Crippen LogP contribution in [0.1, 0.15) is 42.9 Å². The molecule has 1 saturated carbocycles. The van der Waals surface area contributed by atoms with Gasteiger partial charge in [0.15, 0.2) is 0 Å². The average Bonchev–Trinajstić information content (AvgIpc) is 2.93. The van der Waals surface area contributed by atoms with Crippen LogP contribution in [0.5, 0.6) is 0 Å². The van der Waals surface area contributed by atoms with Crippen LogP contribution in [0.2, 0.25) is 0 Å². The number of aryl methyl sites for hydroxylation is 2. The maximum Gasteiger partial charge on any atom is 0.0569 e. The predicted molar refractivity (Wildman–Crippen MR) is 84.1 cm³/mol. The molecule has 2 aromatic rings. The summed E-state index contributed by atoms with van der Waals surface area (Å²) in [4.78, 5) is 0. The van der Waals surface area contributed by atoms with E-state index in [1.54, 1.807) is 0 Å². The van der Waals surface area contributed by atoms with Crippen LogP contribution in [0.15, 0.2) is 42.6 Å². The van der Waals surface area contributed by atoms with Crippen molar-refractivity contribution in [1.29, 1.82) is 0 Å². The summed E-state index contributed by atoms with van der Waals surface area (Å²) in [6.07, 6.45) is 6.88. The summed E-state index contributed by atoms with van der Waals surface area (Å²) < 4.78 is 1.93. The van der Waals surface area contributed by atoms with Crippen molar-refractivity contribution in [3.8, 4) is 0 Å². The molecule has 3 atom stereocenters. The Hall–Kier alpha value is -1.61. The summed E-state index contributed by atoms with van der Waals surface area (Å²) in [7, 11) is 1.99. The highest BCUT2D eigenvalue weighted by atomic mass is 16.3. The maximum atomic E-state index is 10.3. The van der Waals surface area contributed by atoms with Crippen LogP contribution in [0.4, 0.5) is 0 Å². The van der Waals surface area contributed by atoms with E-state index in [1.807, 2.05) is 17.9 Å². The first kappa shape index (κ1) is 14.3.